The lowest BCUT2D eigenvalue weighted by molar-refractivity contribution is -0.144. The van der Waals surface area contributed by atoms with E-state index in [9.17, 15) is 9.90 Å². The van der Waals surface area contributed by atoms with Crippen molar-refractivity contribution < 1.29 is 9.90 Å². The first kappa shape index (κ1) is 14.4. The number of fused-ring (bicyclic) bond motifs is 2. The van der Waals surface area contributed by atoms with E-state index in [1.54, 1.807) is 0 Å². The molecule has 6 unspecified atom stereocenters. The average molecular weight is 279 g/mol. The molecule has 0 aromatic rings. The van der Waals surface area contributed by atoms with Crippen LogP contribution in [0.5, 0.6) is 0 Å². The van der Waals surface area contributed by atoms with Gasteiger partial charge in [0.2, 0.25) is 0 Å². The van der Waals surface area contributed by atoms with Gasteiger partial charge in [0, 0.05) is 12.1 Å². The predicted molar refractivity (Wildman–Crippen MR) is 79.5 cm³/mol. The normalized spacial score (nSPS) is 46.5. The molecule has 20 heavy (non-hydrogen) atoms. The minimum atomic E-state index is -0.571. The second-order valence-corrected chi connectivity index (χ2v) is 8.38. The van der Waals surface area contributed by atoms with Crippen LogP contribution in [0.15, 0.2) is 0 Å². The summed E-state index contributed by atoms with van der Waals surface area (Å²) in [6.07, 6.45) is 7.22. The van der Waals surface area contributed by atoms with Crippen LogP contribution in [0, 0.1) is 29.1 Å². The summed E-state index contributed by atoms with van der Waals surface area (Å²) in [5.41, 5.74) is 0.457. The topological polar surface area (TPSA) is 49.3 Å². The molecular weight excluding hydrogens is 250 g/mol. The van der Waals surface area contributed by atoms with Gasteiger partial charge in [-0.2, -0.15) is 0 Å². The third-order valence-electron chi connectivity index (χ3n) is 6.30. The van der Waals surface area contributed by atoms with Crippen LogP contribution in [0.2, 0.25) is 0 Å². The van der Waals surface area contributed by atoms with Gasteiger partial charge in [0.15, 0.2) is 0 Å². The Morgan fingerprint density at radius 2 is 1.90 bits per heavy atom. The molecule has 3 rings (SSSR count). The van der Waals surface area contributed by atoms with Crippen LogP contribution in [-0.2, 0) is 4.79 Å². The summed E-state index contributed by atoms with van der Waals surface area (Å²) in [6, 6.07) is 0.758. The van der Waals surface area contributed by atoms with Gasteiger partial charge in [0.05, 0.1) is 5.92 Å². The Bertz CT molecular complexity index is 392. The second kappa shape index (κ2) is 5.01. The van der Waals surface area contributed by atoms with Crippen molar-refractivity contribution in [3.63, 3.8) is 0 Å². The van der Waals surface area contributed by atoms with Gasteiger partial charge in [-0.15, -0.1) is 0 Å². The SMILES string of the molecule is CC1CC(C)(C)CCC1NC1C2CCC(C2)C1C(=O)O. The van der Waals surface area contributed by atoms with Gasteiger partial charge in [-0.05, 0) is 61.7 Å². The predicted octanol–water partition coefficient (Wildman–Crippen LogP) is 3.29. The molecule has 3 fully saturated rings. The lowest BCUT2D eigenvalue weighted by Gasteiger charge is -2.42. The summed E-state index contributed by atoms with van der Waals surface area (Å²) in [6.45, 7) is 7.05. The molecule has 0 radical (unpaired) electrons. The maximum atomic E-state index is 11.6. The molecular formula is C17H29NO2. The molecule has 3 heteroatoms. The van der Waals surface area contributed by atoms with Crippen LogP contribution >= 0.6 is 0 Å². The van der Waals surface area contributed by atoms with E-state index in [2.05, 4.69) is 26.1 Å². The van der Waals surface area contributed by atoms with Gasteiger partial charge in [-0.25, -0.2) is 0 Å². The van der Waals surface area contributed by atoms with Crippen molar-refractivity contribution >= 4 is 5.97 Å². The number of hydrogen-bond acceptors (Lipinski definition) is 2. The Labute approximate surface area is 122 Å². The van der Waals surface area contributed by atoms with Crippen LogP contribution < -0.4 is 5.32 Å². The van der Waals surface area contributed by atoms with E-state index in [1.807, 2.05) is 0 Å². The molecule has 2 N–H and O–H groups in total. The smallest absolute Gasteiger partial charge is 0.308 e. The molecule has 3 saturated carbocycles. The summed E-state index contributed by atoms with van der Waals surface area (Å²) in [5, 5.41) is 13.3. The number of carbonyl (C=O) groups is 1. The number of rotatable bonds is 3. The minimum absolute atomic E-state index is 0.129. The highest BCUT2D eigenvalue weighted by atomic mass is 16.4. The first-order valence-electron chi connectivity index (χ1n) is 8.36. The maximum absolute atomic E-state index is 11.6. The van der Waals surface area contributed by atoms with Gasteiger partial charge in [-0.3, -0.25) is 4.79 Å². The highest BCUT2D eigenvalue weighted by Gasteiger charge is 2.51. The molecule has 2 bridgehead atoms. The highest BCUT2D eigenvalue weighted by Crippen LogP contribution is 2.49. The average Bonchev–Trinajstić information content (AvgIpc) is 2.92. The molecule has 0 saturated heterocycles. The van der Waals surface area contributed by atoms with Crippen molar-refractivity contribution in [3.8, 4) is 0 Å². The van der Waals surface area contributed by atoms with E-state index in [0.29, 0.717) is 29.2 Å². The fourth-order valence-corrected chi connectivity index (χ4v) is 5.33. The Kier molecular flexibility index (Phi) is 3.60. The number of carboxylic acids is 1. The zero-order chi connectivity index (χ0) is 14.5. The zero-order valence-corrected chi connectivity index (χ0v) is 13.1. The van der Waals surface area contributed by atoms with Crippen molar-refractivity contribution in [1.29, 1.82) is 0 Å². The summed E-state index contributed by atoms with van der Waals surface area (Å²) >= 11 is 0. The lowest BCUT2D eigenvalue weighted by Crippen LogP contribution is -2.52. The fourth-order valence-electron chi connectivity index (χ4n) is 5.33. The molecule has 0 amide bonds. The van der Waals surface area contributed by atoms with Crippen molar-refractivity contribution in [3.05, 3.63) is 0 Å². The van der Waals surface area contributed by atoms with Crippen molar-refractivity contribution in [2.75, 3.05) is 0 Å². The van der Waals surface area contributed by atoms with Gasteiger partial charge >= 0.3 is 5.97 Å². The molecule has 0 aromatic heterocycles. The fraction of sp³-hybridized carbons (Fsp3) is 0.941. The Hall–Kier alpha value is -0.570. The van der Waals surface area contributed by atoms with Crippen LogP contribution in [0.1, 0.15) is 59.3 Å². The van der Waals surface area contributed by atoms with Gasteiger partial charge in [0.1, 0.15) is 0 Å². The third kappa shape index (κ3) is 2.49. The summed E-state index contributed by atoms with van der Waals surface area (Å²) in [7, 11) is 0. The van der Waals surface area contributed by atoms with Crippen molar-refractivity contribution in [1.82, 2.24) is 5.32 Å². The summed E-state index contributed by atoms with van der Waals surface area (Å²) < 4.78 is 0. The molecule has 114 valence electrons. The van der Waals surface area contributed by atoms with E-state index in [1.165, 1.54) is 25.7 Å². The first-order chi connectivity index (χ1) is 9.37. The molecule has 3 aliphatic rings. The van der Waals surface area contributed by atoms with Crippen molar-refractivity contribution in [2.45, 2.75) is 71.4 Å². The largest absolute Gasteiger partial charge is 0.481 e. The van der Waals surface area contributed by atoms with Crippen LogP contribution in [-0.4, -0.2) is 23.2 Å². The highest BCUT2D eigenvalue weighted by molar-refractivity contribution is 5.72. The maximum Gasteiger partial charge on any atom is 0.308 e. The molecule has 6 atom stereocenters. The second-order valence-electron chi connectivity index (χ2n) is 8.38. The number of aliphatic carboxylic acids is 1. The molecule has 0 heterocycles. The summed E-state index contributed by atoms with van der Waals surface area (Å²) in [5.74, 6) is 1.01. The molecule has 0 spiro atoms. The summed E-state index contributed by atoms with van der Waals surface area (Å²) in [4.78, 5) is 11.6. The number of hydrogen-bond donors (Lipinski definition) is 2. The van der Waals surface area contributed by atoms with Gasteiger partial charge in [-0.1, -0.05) is 20.8 Å². The minimum Gasteiger partial charge on any atom is -0.481 e. The zero-order valence-electron chi connectivity index (χ0n) is 13.1. The molecule has 0 aliphatic heterocycles. The van der Waals surface area contributed by atoms with Crippen LogP contribution in [0.3, 0.4) is 0 Å². The third-order valence-corrected chi connectivity index (χ3v) is 6.30. The van der Waals surface area contributed by atoms with E-state index >= 15 is 0 Å². The van der Waals surface area contributed by atoms with Crippen LogP contribution in [0.25, 0.3) is 0 Å². The Morgan fingerprint density at radius 3 is 2.55 bits per heavy atom. The Balaban J connectivity index is 1.67. The first-order valence-corrected chi connectivity index (χ1v) is 8.36. The van der Waals surface area contributed by atoms with Crippen LogP contribution in [0.4, 0.5) is 0 Å². The van der Waals surface area contributed by atoms with E-state index in [0.717, 1.165) is 12.8 Å². The van der Waals surface area contributed by atoms with E-state index in [-0.39, 0.29) is 12.0 Å². The standard InChI is InChI=1S/C17H29NO2/c1-10-9-17(2,3)7-6-13(10)18-15-12-5-4-11(8-12)14(15)16(19)20/h10-15,18H,4-9H2,1-3H3,(H,19,20). The number of nitrogens with one attached hydrogen (secondary N) is 1. The molecule has 0 aromatic carbocycles. The molecule has 3 nitrogen and oxygen atoms in total. The number of carboxylic acid groups (broad SMARTS) is 1. The quantitative estimate of drug-likeness (QED) is 0.833. The monoisotopic (exact) mass is 279 g/mol. The van der Waals surface area contributed by atoms with Gasteiger partial charge < -0.3 is 10.4 Å². The van der Waals surface area contributed by atoms with Crippen molar-refractivity contribution in [2.24, 2.45) is 29.1 Å². The molecule has 3 aliphatic carbocycles. The Morgan fingerprint density at radius 1 is 1.20 bits per heavy atom. The van der Waals surface area contributed by atoms with Gasteiger partial charge in [0.25, 0.3) is 0 Å². The van der Waals surface area contributed by atoms with E-state index < -0.39 is 5.97 Å². The van der Waals surface area contributed by atoms with E-state index in [4.69, 9.17) is 0 Å². The lowest BCUT2D eigenvalue weighted by atomic mass is 9.70.